The van der Waals surface area contributed by atoms with E-state index in [9.17, 15) is 4.79 Å². The molecule has 0 saturated heterocycles. The van der Waals surface area contributed by atoms with Crippen molar-refractivity contribution in [2.24, 2.45) is 0 Å². The molecule has 2 rings (SSSR count). The van der Waals surface area contributed by atoms with Gasteiger partial charge in [0.05, 0.1) is 11.6 Å². The van der Waals surface area contributed by atoms with Gasteiger partial charge in [-0.05, 0) is 25.1 Å². The fourth-order valence-corrected chi connectivity index (χ4v) is 2.28. The number of rotatable bonds is 4. The first-order chi connectivity index (χ1) is 8.70. The summed E-state index contributed by atoms with van der Waals surface area (Å²) in [6.07, 6.45) is 1.85. The summed E-state index contributed by atoms with van der Waals surface area (Å²) in [7, 11) is 1.63. The first-order valence-electron chi connectivity index (χ1n) is 5.68. The minimum absolute atomic E-state index is 0.0795. The molecule has 0 fully saturated rings. The first kappa shape index (κ1) is 12.6. The Morgan fingerprint density at radius 2 is 2.28 bits per heavy atom. The number of carbonyl (C=O) groups is 1. The van der Waals surface area contributed by atoms with Crippen LogP contribution >= 0.6 is 11.3 Å². The summed E-state index contributed by atoms with van der Waals surface area (Å²) in [5, 5.41) is 5.97. The van der Waals surface area contributed by atoms with Gasteiger partial charge in [0.25, 0.3) is 5.91 Å². The Labute approximate surface area is 110 Å². The zero-order valence-electron chi connectivity index (χ0n) is 10.3. The molecule has 1 atom stereocenters. The molecule has 1 heterocycles. The molecule has 0 aliphatic carbocycles. The van der Waals surface area contributed by atoms with Gasteiger partial charge in [0.15, 0.2) is 0 Å². The van der Waals surface area contributed by atoms with E-state index in [1.54, 1.807) is 24.5 Å². The second kappa shape index (κ2) is 5.64. The molecule has 5 heteroatoms. The number of nitrogens with zero attached hydrogens (tertiary/aromatic N) is 1. The summed E-state index contributed by atoms with van der Waals surface area (Å²) < 4.78 is 0. The second-order valence-corrected chi connectivity index (χ2v) is 4.85. The molecule has 0 bridgehead atoms. The van der Waals surface area contributed by atoms with Crippen molar-refractivity contribution in [1.82, 2.24) is 10.3 Å². The van der Waals surface area contributed by atoms with Gasteiger partial charge in [-0.3, -0.25) is 9.78 Å². The van der Waals surface area contributed by atoms with Crippen LogP contribution in [-0.4, -0.2) is 17.9 Å². The minimum atomic E-state index is -0.0795. The third-order valence-corrected chi connectivity index (χ3v) is 3.57. The van der Waals surface area contributed by atoms with Crippen molar-refractivity contribution < 1.29 is 4.79 Å². The van der Waals surface area contributed by atoms with Gasteiger partial charge in [-0.2, -0.15) is 0 Å². The maximum absolute atomic E-state index is 11.5. The molecule has 0 saturated carbocycles. The number of hydrogen-bond acceptors (Lipinski definition) is 4. The van der Waals surface area contributed by atoms with Crippen LogP contribution in [0.25, 0.3) is 0 Å². The quantitative estimate of drug-likeness (QED) is 0.889. The molecule has 94 valence electrons. The smallest absolute Gasteiger partial charge is 0.251 e. The van der Waals surface area contributed by atoms with E-state index in [1.807, 2.05) is 29.9 Å². The summed E-state index contributed by atoms with van der Waals surface area (Å²) in [5.74, 6) is -0.0795. The van der Waals surface area contributed by atoms with Crippen LogP contribution in [0.1, 0.15) is 28.2 Å². The number of amides is 1. The van der Waals surface area contributed by atoms with E-state index < -0.39 is 0 Å². The molecule has 1 amide bonds. The number of carbonyl (C=O) groups excluding carboxylic acids is 1. The molecule has 2 aromatic rings. The Balaban J connectivity index is 2.12. The highest BCUT2D eigenvalue weighted by Crippen LogP contribution is 2.22. The van der Waals surface area contributed by atoms with Crippen LogP contribution in [0.4, 0.5) is 5.69 Å². The van der Waals surface area contributed by atoms with Gasteiger partial charge in [-0.15, -0.1) is 11.3 Å². The third kappa shape index (κ3) is 2.87. The average molecular weight is 261 g/mol. The van der Waals surface area contributed by atoms with Crippen LogP contribution in [0.3, 0.4) is 0 Å². The number of benzene rings is 1. The third-order valence-electron chi connectivity index (χ3n) is 2.61. The predicted octanol–water partition coefficient (Wildman–Crippen LogP) is 2.68. The van der Waals surface area contributed by atoms with Crippen molar-refractivity contribution >= 4 is 22.9 Å². The van der Waals surface area contributed by atoms with E-state index in [0.29, 0.717) is 5.56 Å². The van der Waals surface area contributed by atoms with Gasteiger partial charge in [-0.1, -0.05) is 6.07 Å². The number of anilines is 1. The summed E-state index contributed by atoms with van der Waals surface area (Å²) in [5.41, 5.74) is 3.39. The first-order valence-corrected chi connectivity index (χ1v) is 6.55. The molecule has 0 aliphatic heterocycles. The van der Waals surface area contributed by atoms with Gasteiger partial charge < -0.3 is 10.6 Å². The van der Waals surface area contributed by atoms with Gasteiger partial charge in [-0.25, -0.2) is 0 Å². The summed E-state index contributed by atoms with van der Waals surface area (Å²) in [4.78, 5) is 16.8. The lowest BCUT2D eigenvalue weighted by Gasteiger charge is -2.13. The topological polar surface area (TPSA) is 54.0 Å². The standard InChI is InChI=1S/C13H15N3OS/c1-9(12-7-15-8-18-12)16-11-5-3-4-10(6-11)13(17)14-2/h3-9,16H,1-2H3,(H,14,17). The maximum Gasteiger partial charge on any atom is 0.251 e. The Morgan fingerprint density at radius 3 is 2.94 bits per heavy atom. The zero-order chi connectivity index (χ0) is 13.0. The Kier molecular flexibility index (Phi) is 3.94. The monoisotopic (exact) mass is 261 g/mol. The molecule has 1 aromatic carbocycles. The number of hydrogen-bond donors (Lipinski definition) is 2. The lowest BCUT2D eigenvalue weighted by Crippen LogP contribution is -2.18. The van der Waals surface area contributed by atoms with Crippen LogP contribution in [0.5, 0.6) is 0 Å². The van der Waals surface area contributed by atoms with E-state index in [-0.39, 0.29) is 11.9 Å². The maximum atomic E-state index is 11.5. The van der Waals surface area contributed by atoms with Crippen molar-refractivity contribution in [3.05, 3.63) is 46.4 Å². The van der Waals surface area contributed by atoms with E-state index in [4.69, 9.17) is 0 Å². The lowest BCUT2D eigenvalue weighted by molar-refractivity contribution is 0.0963. The highest BCUT2D eigenvalue weighted by atomic mass is 32.1. The molecule has 0 radical (unpaired) electrons. The van der Waals surface area contributed by atoms with Crippen LogP contribution in [0.15, 0.2) is 36.0 Å². The fraction of sp³-hybridized carbons (Fsp3) is 0.231. The number of nitrogens with one attached hydrogen (secondary N) is 2. The SMILES string of the molecule is CNC(=O)c1cccc(NC(C)c2cncs2)c1. The second-order valence-electron chi connectivity index (χ2n) is 3.93. The molecular formula is C13H15N3OS. The molecule has 0 spiro atoms. The van der Waals surface area contributed by atoms with Crippen molar-refractivity contribution in [1.29, 1.82) is 0 Å². The van der Waals surface area contributed by atoms with E-state index in [1.165, 1.54) is 4.88 Å². The van der Waals surface area contributed by atoms with Crippen LogP contribution in [-0.2, 0) is 0 Å². The van der Waals surface area contributed by atoms with Crippen molar-refractivity contribution in [2.75, 3.05) is 12.4 Å². The molecule has 1 unspecified atom stereocenters. The van der Waals surface area contributed by atoms with Gasteiger partial charge in [0.1, 0.15) is 0 Å². The Morgan fingerprint density at radius 1 is 1.44 bits per heavy atom. The summed E-state index contributed by atoms with van der Waals surface area (Å²) in [6, 6.07) is 7.63. The fourth-order valence-electron chi connectivity index (χ4n) is 1.66. The molecular weight excluding hydrogens is 246 g/mol. The minimum Gasteiger partial charge on any atom is -0.378 e. The molecule has 4 nitrogen and oxygen atoms in total. The largest absolute Gasteiger partial charge is 0.378 e. The van der Waals surface area contributed by atoms with Crippen molar-refractivity contribution in [3.63, 3.8) is 0 Å². The highest BCUT2D eigenvalue weighted by Gasteiger charge is 2.08. The van der Waals surface area contributed by atoms with Gasteiger partial charge >= 0.3 is 0 Å². The van der Waals surface area contributed by atoms with Crippen LogP contribution in [0, 0.1) is 0 Å². The lowest BCUT2D eigenvalue weighted by atomic mass is 10.1. The summed E-state index contributed by atoms with van der Waals surface area (Å²) in [6.45, 7) is 2.07. The number of thiazole rings is 1. The molecule has 2 N–H and O–H groups in total. The normalized spacial score (nSPS) is 11.9. The summed E-state index contributed by atoms with van der Waals surface area (Å²) >= 11 is 1.61. The molecule has 1 aromatic heterocycles. The molecule has 18 heavy (non-hydrogen) atoms. The van der Waals surface area contributed by atoms with E-state index >= 15 is 0 Å². The van der Waals surface area contributed by atoms with Crippen molar-refractivity contribution in [3.8, 4) is 0 Å². The van der Waals surface area contributed by atoms with Gasteiger partial charge in [0, 0.05) is 29.4 Å². The zero-order valence-corrected chi connectivity index (χ0v) is 11.1. The van der Waals surface area contributed by atoms with E-state index in [0.717, 1.165) is 5.69 Å². The Hall–Kier alpha value is -1.88. The number of aromatic nitrogens is 1. The predicted molar refractivity (Wildman–Crippen MR) is 74.0 cm³/mol. The van der Waals surface area contributed by atoms with Crippen LogP contribution < -0.4 is 10.6 Å². The highest BCUT2D eigenvalue weighted by molar-refractivity contribution is 7.09. The Bertz CT molecular complexity index is 525. The van der Waals surface area contributed by atoms with Gasteiger partial charge in [0.2, 0.25) is 0 Å². The van der Waals surface area contributed by atoms with Crippen molar-refractivity contribution in [2.45, 2.75) is 13.0 Å². The van der Waals surface area contributed by atoms with E-state index in [2.05, 4.69) is 22.5 Å². The average Bonchev–Trinajstić information content (AvgIpc) is 2.92. The van der Waals surface area contributed by atoms with Crippen LogP contribution in [0.2, 0.25) is 0 Å². The molecule has 0 aliphatic rings.